The molecule has 1 aliphatic heterocycles. The highest BCUT2D eigenvalue weighted by Crippen LogP contribution is 2.25. The topological polar surface area (TPSA) is 41.1 Å². The van der Waals surface area contributed by atoms with Crippen molar-refractivity contribution in [3.8, 4) is 0 Å². The molecule has 0 saturated carbocycles. The molecule has 1 aromatic rings. The molecule has 3 nitrogen and oxygen atoms in total. The number of amides is 1. The van der Waals surface area contributed by atoms with Gasteiger partial charge in [-0.1, -0.05) is 13.8 Å². The van der Waals surface area contributed by atoms with Crippen LogP contribution < -0.4 is 10.6 Å². The van der Waals surface area contributed by atoms with Crippen LogP contribution >= 0.6 is 0 Å². The van der Waals surface area contributed by atoms with E-state index >= 15 is 0 Å². The standard InChI is InChI=1S/C14H18F2N2O/c1-14(2)8-17-6-5-12(14)18-13(19)9-3-4-10(15)11(16)7-9/h3-4,7,12,17H,5-6,8H2,1-2H3,(H,18,19). The summed E-state index contributed by atoms with van der Waals surface area (Å²) in [5, 5.41) is 6.18. The Kier molecular flexibility index (Phi) is 3.85. The van der Waals surface area contributed by atoms with Crippen molar-refractivity contribution in [2.75, 3.05) is 13.1 Å². The minimum absolute atomic E-state index is 0.0226. The highest BCUT2D eigenvalue weighted by molar-refractivity contribution is 5.94. The molecule has 0 bridgehead atoms. The van der Waals surface area contributed by atoms with E-state index in [1.807, 2.05) is 0 Å². The fourth-order valence-electron chi connectivity index (χ4n) is 2.32. The van der Waals surface area contributed by atoms with Crippen LogP contribution in [-0.4, -0.2) is 25.0 Å². The molecule has 0 radical (unpaired) electrons. The second-order valence-corrected chi connectivity index (χ2v) is 5.61. The molecule has 1 saturated heterocycles. The van der Waals surface area contributed by atoms with Gasteiger partial charge >= 0.3 is 0 Å². The largest absolute Gasteiger partial charge is 0.349 e. The van der Waals surface area contributed by atoms with Gasteiger partial charge in [0, 0.05) is 18.2 Å². The molecule has 1 unspecified atom stereocenters. The lowest BCUT2D eigenvalue weighted by atomic mass is 9.80. The van der Waals surface area contributed by atoms with Crippen molar-refractivity contribution in [3.05, 3.63) is 35.4 Å². The van der Waals surface area contributed by atoms with Gasteiger partial charge in [0.25, 0.3) is 5.91 Å². The molecular formula is C14H18F2N2O. The zero-order valence-corrected chi connectivity index (χ0v) is 11.1. The third-order valence-electron chi connectivity index (χ3n) is 3.62. The van der Waals surface area contributed by atoms with Crippen LogP contribution in [-0.2, 0) is 0 Å². The molecule has 2 rings (SSSR count). The van der Waals surface area contributed by atoms with Crippen molar-refractivity contribution in [1.82, 2.24) is 10.6 Å². The van der Waals surface area contributed by atoms with Gasteiger partial charge in [-0.15, -0.1) is 0 Å². The molecule has 0 spiro atoms. The van der Waals surface area contributed by atoms with E-state index in [-0.39, 0.29) is 22.9 Å². The van der Waals surface area contributed by atoms with Crippen LogP contribution in [0.2, 0.25) is 0 Å². The normalized spacial score (nSPS) is 22.0. The lowest BCUT2D eigenvalue weighted by Crippen LogP contribution is -2.54. The second-order valence-electron chi connectivity index (χ2n) is 5.61. The lowest BCUT2D eigenvalue weighted by Gasteiger charge is -2.39. The first-order valence-electron chi connectivity index (χ1n) is 6.37. The molecule has 1 aliphatic rings. The number of rotatable bonds is 2. The van der Waals surface area contributed by atoms with Crippen molar-refractivity contribution in [2.24, 2.45) is 5.41 Å². The maximum atomic E-state index is 13.1. The SMILES string of the molecule is CC1(C)CNCCC1NC(=O)c1ccc(F)c(F)c1. The van der Waals surface area contributed by atoms with E-state index in [4.69, 9.17) is 0 Å². The van der Waals surface area contributed by atoms with Gasteiger partial charge in [-0.3, -0.25) is 4.79 Å². The first-order chi connectivity index (χ1) is 8.90. The number of hydrogen-bond acceptors (Lipinski definition) is 2. The fraction of sp³-hybridized carbons (Fsp3) is 0.500. The molecule has 1 aromatic carbocycles. The Balaban J connectivity index is 2.10. The molecule has 104 valence electrons. The monoisotopic (exact) mass is 268 g/mol. The van der Waals surface area contributed by atoms with E-state index in [1.165, 1.54) is 6.07 Å². The van der Waals surface area contributed by atoms with Gasteiger partial charge in [0.1, 0.15) is 0 Å². The van der Waals surface area contributed by atoms with E-state index in [0.717, 1.165) is 31.6 Å². The summed E-state index contributed by atoms with van der Waals surface area (Å²) in [6, 6.07) is 3.22. The van der Waals surface area contributed by atoms with Crippen LogP contribution in [0.4, 0.5) is 8.78 Å². The molecule has 1 amide bonds. The second kappa shape index (κ2) is 5.25. The summed E-state index contributed by atoms with van der Waals surface area (Å²) in [5.74, 6) is -2.31. The summed E-state index contributed by atoms with van der Waals surface area (Å²) in [6.07, 6.45) is 0.822. The number of benzene rings is 1. The first kappa shape index (κ1) is 13.9. The Morgan fingerprint density at radius 3 is 2.74 bits per heavy atom. The van der Waals surface area contributed by atoms with Crippen molar-refractivity contribution < 1.29 is 13.6 Å². The van der Waals surface area contributed by atoms with Gasteiger partial charge in [0.15, 0.2) is 11.6 Å². The summed E-state index contributed by atoms with van der Waals surface area (Å²) in [7, 11) is 0. The summed E-state index contributed by atoms with van der Waals surface area (Å²) < 4.78 is 25.9. The number of carbonyl (C=O) groups is 1. The van der Waals surface area contributed by atoms with Gasteiger partial charge in [0.05, 0.1) is 0 Å². The zero-order chi connectivity index (χ0) is 14.0. The third-order valence-corrected chi connectivity index (χ3v) is 3.62. The highest BCUT2D eigenvalue weighted by Gasteiger charge is 2.33. The van der Waals surface area contributed by atoms with E-state index in [1.54, 1.807) is 0 Å². The van der Waals surface area contributed by atoms with Crippen LogP contribution in [0.25, 0.3) is 0 Å². The predicted molar refractivity (Wildman–Crippen MR) is 68.9 cm³/mol. The van der Waals surface area contributed by atoms with Crippen LogP contribution in [0.5, 0.6) is 0 Å². The maximum absolute atomic E-state index is 13.1. The minimum atomic E-state index is -1.00. The maximum Gasteiger partial charge on any atom is 0.251 e. The molecule has 19 heavy (non-hydrogen) atoms. The fourth-order valence-corrected chi connectivity index (χ4v) is 2.32. The van der Waals surface area contributed by atoms with Crippen LogP contribution in [0.3, 0.4) is 0 Å². The van der Waals surface area contributed by atoms with Gasteiger partial charge in [-0.05, 0) is 36.6 Å². The molecule has 1 heterocycles. The number of nitrogens with one attached hydrogen (secondary N) is 2. The molecule has 0 aliphatic carbocycles. The molecule has 1 atom stereocenters. The zero-order valence-electron chi connectivity index (χ0n) is 11.1. The van der Waals surface area contributed by atoms with Crippen molar-refractivity contribution >= 4 is 5.91 Å². The van der Waals surface area contributed by atoms with E-state index < -0.39 is 11.6 Å². The van der Waals surface area contributed by atoms with Crippen molar-refractivity contribution in [3.63, 3.8) is 0 Å². The van der Waals surface area contributed by atoms with E-state index in [2.05, 4.69) is 24.5 Å². The third kappa shape index (κ3) is 3.10. The quantitative estimate of drug-likeness (QED) is 0.862. The summed E-state index contributed by atoms with van der Waals surface area (Å²) >= 11 is 0. The summed E-state index contributed by atoms with van der Waals surface area (Å²) in [5.41, 5.74) is 0.0835. The van der Waals surface area contributed by atoms with Gasteiger partial charge < -0.3 is 10.6 Å². The Morgan fingerprint density at radius 2 is 2.11 bits per heavy atom. The summed E-state index contributed by atoms with van der Waals surface area (Å²) in [4.78, 5) is 12.0. The molecule has 5 heteroatoms. The Bertz CT molecular complexity index is 488. The average Bonchev–Trinajstić information content (AvgIpc) is 2.35. The molecule has 1 fully saturated rings. The van der Waals surface area contributed by atoms with Crippen LogP contribution in [0, 0.1) is 17.0 Å². The van der Waals surface area contributed by atoms with Gasteiger partial charge in [-0.25, -0.2) is 8.78 Å². The Hall–Kier alpha value is -1.49. The Morgan fingerprint density at radius 1 is 1.37 bits per heavy atom. The van der Waals surface area contributed by atoms with Crippen molar-refractivity contribution in [2.45, 2.75) is 26.3 Å². The van der Waals surface area contributed by atoms with Crippen molar-refractivity contribution in [1.29, 1.82) is 0 Å². The summed E-state index contributed by atoms with van der Waals surface area (Å²) in [6.45, 7) is 5.78. The first-order valence-corrected chi connectivity index (χ1v) is 6.37. The van der Waals surface area contributed by atoms with Crippen LogP contribution in [0.15, 0.2) is 18.2 Å². The lowest BCUT2D eigenvalue weighted by molar-refractivity contribution is 0.0868. The number of piperidine rings is 1. The van der Waals surface area contributed by atoms with Crippen LogP contribution in [0.1, 0.15) is 30.6 Å². The minimum Gasteiger partial charge on any atom is -0.349 e. The Labute approximate surface area is 111 Å². The predicted octanol–water partition coefficient (Wildman–Crippen LogP) is 2.08. The van der Waals surface area contributed by atoms with E-state index in [0.29, 0.717) is 0 Å². The smallest absolute Gasteiger partial charge is 0.251 e. The average molecular weight is 268 g/mol. The van der Waals surface area contributed by atoms with Gasteiger partial charge in [0.2, 0.25) is 0 Å². The van der Waals surface area contributed by atoms with Gasteiger partial charge in [-0.2, -0.15) is 0 Å². The molecule has 0 aromatic heterocycles. The number of halogens is 2. The molecular weight excluding hydrogens is 250 g/mol. The van der Waals surface area contributed by atoms with E-state index in [9.17, 15) is 13.6 Å². The number of carbonyl (C=O) groups excluding carboxylic acids is 1. The number of hydrogen-bond donors (Lipinski definition) is 2. The highest BCUT2D eigenvalue weighted by atomic mass is 19.2. The molecule has 2 N–H and O–H groups in total.